The third kappa shape index (κ3) is 3.53. The summed E-state index contributed by atoms with van der Waals surface area (Å²) in [6.07, 6.45) is 1.64. The SMILES string of the molecule is COc1ccc(C2=NN(S(C)(=O)=O)[C@@H](c3ccc(C)cc3)C2)c(OC)c1. The van der Waals surface area contributed by atoms with E-state index < -0.39 is 10.0 Å². The lowest BCUT2D eigenvalue weighted by Crippen LogP contribution is -2.25. The molecule has 0 fully saturated rings. The quantitative estimate of drug-likeness (QED) is 0.806. The van der Waals surface area contributed by atoms with Gasteiger partial charge in [0.25, 0.3) is 0 Å². The molecular weight excluding hydrogens is 352 g/mol. The maximum Gasteiger partial charge on any atom is 0.247 e. The molecule has 0 unspecified atom stereocenters. The molecule has 26 heavy (non-hydrogen) atoms. The highest BCUT2D eigenvalue weighted by molar-refractivity contribution is 7.88. The Labute approximate surface area is 154 Å². The number of methoxy groups -OCH3 is 2. The van der Waals surface area contributed by atoms with Gasteiger partial charge in [-0.3, -0.25) is 0 Å². The van der Waals surface area contributed by atoms with Crippen LogP contribution >= 0.6 is 0 Å². The Hall–Kier alpha value is -2.54. The molecule has 6 nitrogen and oxygen atoms in total. The summed E-state index contributed by atoms with van der Waals surface area (Å²) in [6.45, 7) is 2.00. The highest BCUT2D eigenvalue weighted by Gasteiger charge is 2.35. The van der Waals surface area contributed by atoms with Gasteiger partial charge in [-0.1, -0.05) is 29.8 Å². The first-order valence-electron chi connectivity index (χ1n) is 8.19. The molecular formula is C19H22N2O4S. The fourth-order valence-electron chi connectivity index (χ4n) is 3.03. The predicted octanol–water partition coefficient (Wildman–Crippen LogP) is 3.12. The van der Waals surface area contributed by atoms with E-state index in [-0.39, 0.29) is 6.04 Å². The van der Waals surface area contributed by atoms with Crippen LogP contribution in [0.15, 0.2) is 47.6 Å². The van der Waals surface area contributed by atoms with Crippen LogP contribution in [0.1, 0.15) is 29.2 Å². The number of nitrogens with zero attached hydrogens (tertiary/aromatic N) is 2. The molecule has 2 aromatic rings. The molecule has 1 heterocycles. The number of hydrogen-bond donors (Lipinski definition) is 0. The third-order valence-electron chi connectivity index (χ3n) is 4.39. The van der Waals surface area contributed by atoms with E-state index in [9.17, 15) is 8.42 Å². The van der Waals surface area contributed by atoms with Gasteiger partial charge in [-0.15, -0.1) is 0 Å². The van der Waals surface area contributed by atoms with Crippen LogP contribution in [-0.4, -0.2) is 39.0 Å². The first-order valence-corrected chi connectivity index (χ1v) is 10.0. The van der Waals surface area contributed by atoms with Crippen LogP contribution in [0.2, 0.25) is 0 Å². The third-order valence-corrected chi connectivity index (χ3v) is 5.41. The number of rotatable bonds is 5. The predicted molar refractivity (Wildman–Crippen MR) is 101 cm³/mol. The van der Waals surface area contributed by atoms with Crippen LogP contribution in [0.25, 0.3) is 0 Å². The molecule has 2 aromatic carbocycles. The second-order valence-corrected chi connectivity index (χ2v) is 8.12. The van der Waals surface area contributed by atoms with Crippen molar-refractivity contribution in [1.82, 2.24) is 4.41 Å². The standard InChI is InChI=1S/C19H22N2O4S/c1-13-5-7-14(8-6-13)18-12-17(20-21(18)26(4,22)23)16-10-9-15(24-2)11-19(16)25-3/h5-11,18H,12H2,1-4H3/t18-/m1/s1. The van der Waals surface area contributed by atoms with E-state index in [0.717, 1.165) is 16.7 Å². The zero-order valence-corrected chi connectivity index (χ0v) is 16.1. The van der Waals surface area contributed by atoms with Crippen molar-refractivity contribution in [3.05, 3.63) is 59.2 Å². The lowest BCUT2D eigenvalue weighted by molar-refractivity contribution is 0.375. The largest absolute Gasteiger partial charge is 0.497 e. The minimum atomic E-state index is -3.50. The van der Waals surface area contributed by atoms with Gasteiger partial charge in [0.15, 0.2) is 0 Å². The number of benzene rings is 2. The molecule has 0 amide bonds. The fourth-order valence-corrected chi connectivity index (χ4v) is 3.94. The molecule has 0 bridgehead atoms. The Kier molecular flexibility index (Phi) is 4.91. The summed E-state index contributed by atoms with van der Waals surface area (Å²) in [4.78, 5) is 0. The molecule has 0 saturated carbocycles. The van der Waals surface area contributed by atoms with Crippen LogP contribution in [-0.2, 0) is 10.0 Å². The second kappa shape index (κ2) is 6.99. The molecule has 0 saturated heterocycles. The molecule has 0 aliphatic carbocycles. The van der Waals surface area contributed by atoms with Gasteiger partial charge in [-0.05, 0) is 24.6 Å². The van der Waals surface area contributed by atoms with Crippen molar-refractivity contribution in [2.75, 3.05) is 20.5 Å². The Morgan fingerprint density at radius 3 is 2.35 bits per heavy atom. The molecule has 0 N–H and O–H groups in total. The van der Waals surface area contributed by atoms with Gasteiger partial charge < -0.3 is 9.47 Å². The van der Waals surface area contributed by atoms with Crippen LogP contribution in [0, 0.1) is 6.92 Å². The van der Waals surface area contributed by atoms with E-state index in [1.807, 2.05) is 43.3 Å². The maximum atomic E-state index is 12.3. The van der Waals surface area contributed by atoms with Gasteiger partial charge in [0.2, 0.25) is 10.0 Å². The second-order valence-electron chi connectivity index (χ2n) is 6.28. The fraction of sp³-hybridized carbons (Fsp3) is 0.316. The molecule has 138 valence electrons. The number of hydrazone groups is 1. The van der Waals surface area contributed by atoms with Gasteiger partial charge in [0, 0.05) is 18.1 Å². The maximum absolute atomic E-state index is 12.3. The monoisotopic (exact) mass is 374 g/mol. The highest BCUT2D eigenvalue weighted by atomic mass is 32.2. The number of sulfonamides is 1. The van der Waals surface area contributed by atoms with Gasteiger partial charge in [-0.25, -0.2) is 8.42 Å². The zero-order valence-electron chi connectivity index (χ0n) is 15.3. The van der Waals surface area contributed by atoms with E-state index >= 15 is 0 Å². The first-order chi connectivity index (χ1) is 12.3. The van der Waals surface area contributed by atoms with E-state index in [0.29, 0.717) is 23.6 Å². The molecule has 0 radical (unpaired) electrons. The van der Waals surface area contributed by atoms with Crippen molar-refractivity contribution in [3.63, 3.8) is 0 Å². The summed E-state index contributed by atoms with van der Waals surface area (Å²) in [6, 6.07) is 12.9. The van der Waals surface area contributed by atoms with Crippen LogP contribution in [0.4, 0.5) is 0 Å². The Morgan fingerprint density at radius 2 is 1.77 bits per heavy atom. The van der Waals surface area contributed by atoms with Gasteiger partial charge in [-0.2, -0.15) is 9.52 Å². The summed E-state index contributed by atoms with van der Waals surface area (Å²) in [5, 5.41) is 4.42. The van der Waals surface area contributed by atoms with E-state index in [2.05, 4.69) is 5.10 Å². The molecule has 7 heteroatoms. The molecule has 1 aliphatic heterocycles. The highest BCUT2D eigenvalue weighted by Crippen LogP contribution is 2.37. The summed E-state index contributed by atoms with van der Waals surface area (Å²) in [5.74, 6) is 1.26. The van der Waals surface area contributed by atoms with Crippen LogP contribution < -0.4 is 9.47 Å². The van der Waals surface area contributed by atoms with Gasteiger partial charge >= 0.3 is 0 Å². The Bertz CT molecular complexity index is 937. The number of hydrogen-bond acceptors (Lipinski definition) is 5. The molecule has 0 aromatic heterocycles. The van der Waals surface area contributed by atoms with Crippen molar-refractivity contribution < 1.29 is 17.9 Å². The summed E-state index contributed by atoms with van der Waals surface area (Å²) in [7, 11) is -0.350. The van der Waals surface area contributed by atoms with E-state index in [1.54, 1.807) is 20.3 Å². The Morgan fingerprint density at radius 1 is 1.08 bits per heavy atom. The van der Waals surface area contributed by atoms with Crippen LogP contribution in [0.3, 0.4) is 0 Å². The minimum absolute atomic E-state index is 0.368. The molecule has 1 atom stereocenters. The zero-order chi connectivity index (χ0) is 18.9. The van der Waals surface area contributed by atoms with Crippen LogP contribution in [0.5, 0.6) is 11.5 Å². The lowest BCUT2D eigenvalue weighted by atomic mass is 9.98. The average Bonchev–Trinajstić information content (AvgIpc) is 3.07. The minimum Gasteiger partial charge on any atom is -0.497 e. The number of ether oxygens (including phenoxy) is 2. The molecule has 1 aliphatic rings. The smallest absolute Gasteiger partial charge is 0.247 e. The normalized spacial score (nSPS) is 17.2. The lowest BCUT2D eigenvalue weighted by Gasteiger charge is -2.21. The summed E-state index contributed by atoms with van der Waals surface area (Å²) >= 11 is 0. The topological polar surface area (TPSA) is 68.2 Å². The van der Waals surface area contributed by atoms with Crippen molar-refractivity contribution in [1.29, 1.82) is 0 Å². The van der Waals surface area contributed by atoms with Gasteiger partial charge in [0.05, 0.1) is 32.2 Å². The van der Waals surface area contributed by atoms with Crippen molar-refractivity contribution in [2.24, 2.45) is 5.10 Å². The van der Waals surface area contributed by atoms with Crippen molar-refractivity contribution in [3.8, 4) is 11.5 Å². The first kappa shape index (κ1) is 18.3. The van der Waals surface area contributed by atoms with E-state index in [1.165, 1.54) is 10.7 Å². The number of aryl methyl sites for hydroxylation is 1. The van der Waals surface area contributed by atoms with E-state index in [4.69, 9.17) is 9.47 Å². The summed E-state index contributed by atoms with van der Waals surface area (Å²) < 4.78 is 36.4. The Balaban J connectivity index is 2.03. The summed E-state index contributed by atoms with van der Waals surface area (Å²) in [5.41, 5.74) is 3.46. The van der Waals surface area contributed by atoms with Crippen molar-refractivity contribution >= 4 is 15.7 Å². The average molecular weight is 374 g/mol. The van der Waals surface area contributed by atoms with Crippen molar-refractivity contribution in [2.45, 2.75) is 19.4 Å². The van der Waals surface area contributed by atoms with Gasteiger partial charge in [0.1, 0.15) is 11.5 Å². The molecule has 0 spiro atoms. The molecule has 3 rings (SSSR count).